The maximum absolute atomic E-state index is 13.4. The molecule has 1 aromatic carbocycles. The molecule has 1 nitrogen and oxygen atoms in total. The lowest BCUT2D eigenvalue weighted by Gasteiger charge is -2.12. The van der Waals surface area contributed by atoms with Gasteiger partial charge in [-0.2, -0.15) is 0 Å². The van der Waals surface area contributed by atoms with Crippen molar-refractivity contribution in [2.24, 2.45) is 0 Å². The van der Waals surface area contributed by atoms with Crippen LogP contribution in [0, 0.1) is 5.82 Å². The predicted molar refractivity (Wildman–Crippen MR) is 62.6 cm³/mol. The zero-order chi connectivity index (χ0) is 11.3. The van der Waals surface area contributed by atoms with Gasteiger partial charge < -0.3 is 5.32 Å². The van der Waals surface area contributed by atoms with Gasteiger partial charge in [0.05, 0.1) is 0 Å². The Morgan fingerprint density at radius 1 is 1.47 bits per heavy atom. The summed E-state index contributed by atoms with van der Waals surface area (Å²) >= 11 is 5.67. The van der Waals surface area contributed by atoms with Crippen LogP contribution in [0.15, 0.2) is 18.2 Å². The predicted octanol–water partition coefficient (Wildman–Crippen LogP) is 3.76. The van der Waals surface area contributed by atoms with E-state index in [0.717, 1.165) is 12.8 Å². The normalized spacial score (nSPS) is 12.8. The molecule has 1 rings (SSSR count). The highest BCUT2D eigenvalue weighted by atomic mass is 35.5. The maximum atomic E-state index is 13.4. The van der Waals surface area contributed by atoms with Gasteiger partial charge in [0.2, 0.25) is 0 Å². The Morgan fingerprint density at radius 3 is 2.80 bits per heavy atom. The summed E-state index contributed by atoms with van der Waals surface area (Å²) in [6, 6.07) is 5.21. The fraction of sp³-hybridized carbons (Fsp3) is 0.500. The van der Waals surface area contributed by atoms with Crippen molar-refractivity contribution < 1.29 is 4.39 Å². The molecule has 0 aliphatic rings. The lowest BCUT2D eigenvalue weighted by molar-refractivity contribution is 0.496. The minimum absolute atomic E-state index is 0.237. The van der Waals surface area contributed by atoms with Gasteiger partial charge in [0.1, 0.15) is 5.82 Å². The van der Waals surface area contributed by atoms with Crippen molar-refractivity contribution in [3.8, 4) is 0 Å². The monoisotopic (exact) mass is 229 g/mol. The molecule has 0 aliphatic heterocycles. The SMILES string of the molecule is CCCC(C)NCc1ccc(Cl)cc1F. The van der Waals surface area contributed by atoms with Crippen molar-refractivity contribution in [2.75, 3.05) is 0 Å². The van der Waals surface area contributed by atoms with E-state index < -0.39 is 0 Å². The highest BCUT2D eigenvalue weighted by molar-refractivity contribution is 6.30. The molecule has 0 fully saturated rings. The molecule has 3 heteroatoms. The first-order chi connectivity index (χ1) is 7.13. The average Bonchev–Trinajstić information content (AvgIpc) is 2.17. The van der Waals surface area contributed by atoms with Crippen molar-refractivity contribution >= 4 is 11.6 Å². The van der Waals surface area contributed by atoms with E-state index in [9.17, 15) is 4.39 Å². The van der Waals surface area contributed by atoms with Crippen LogP contribution in [-0.4, -0.2) is 6.04 Å². The van der Waals surface area contributed by atoms with Gasteiger partial charge in [-0.25, -0.2) is 4.39 Å². The summed E-state index contributed by atoms with van der Waals surface area (Å²) in [6.07, 6.45) is 2.24. The first kappa shape index (κ1) is 12.5. The van der Waals surface area contributed by atoms with Gasteiger partial charge in [-0.05, 0) is 25.5 Å². The lowest BCUT2D eigenvalue weighted by atomic mass is 10.1. The average molecular weight is 230 g/mol. The zero-order valence-electron chi connectivity index (χ0n) is 9.19. The van der Waals surface area contributed by atoms with Crippen molar-refractivity contribution in [1.29, 1.82) is 0 Å². The summed E-state index contributed by atoms with van der Waals surface area (Å²) in [4.78, 5) is 0. The van der Waals surface area contributed by atoms with E-state index in [1.54, 1.807) is 12.1 Å². The summed E-state index contributed by atoms with van der Waals surface area (Å²) in [7, 11) is 0. The smallest absolute Gasteiger partial charge is 0.129 e. The number of nitrogens with one attached hydrogen (secondary N) is 1. The first-order valence-electron chi connectivity index (χ1n) is 5.30. The van der Waals surface area contributed by atoms with Gasteiger partial charge in [-0.3, -0.25) is 0 Å². The molecule has 0 aromatic heterocycles. The van der Waals surface area contributed by atoms with Crippen molar-refractivity contribution in [3.63, 3.8) is 0 Å². The highest BCUT2D eigenvalue weighted by Gasteiger charge is 2.04. The molecule has 1 N–H and O–H groups in total. The number of hydrogen-bond donors (Lipinski definition) is 1. The summed E-state index contributed by atoms with van der Waals surface area (Å²) < 4.78 is 13.4. The van der Waals surface area contributed by atoms with Gasteiger partial charge in [0.15, 0.2) is 0 Å². The van der Waals surface area contributed by atoms with Crippen molar-refractivity contribution in [1.82, 2.24) is 5.32 Å². The molecular formula is C12H17ClFN. The number of halogens is 2. The number of rotatable bonds is 5. The zero-order valence-corrected chi connectivity index (χ0v) is 9.94. The molecule has 0 aliphatic carbocycles. The summed E-state index contributed by atoms with van der Waals surface area (Å²) in [5.74, 6) is -0.237. The Balaban J connectivity index is 2.50. The van der Waals surface area contributed by atoms with Crippen LogP contribution in [0.1, 0.15) is 32.3 Å². The van der Waals surface area contributed by atoms with E-state index in [0.29, 0.717) is 23.2 Å². The molecule has 1 unspecified atom stereocenters. The van der Waals surface area contributed by atoms with Crippen LogP contribution in [0.5, 0.6) is 0 Å². The van der Waals surface area contributed by atoms with E-state index in [1.807, 2.05) is 0 Å². The summed E-state index contributed by atoms with van der Waals surface area (Å²) in [5, 5.41) is 3.72. The van der Waals surface area contributed by atoms with Crippen LogP contribution in [0.25, 0.3) is 0 Å². The molecule has 84 valence electrons. The number of benzene rings is 1. The van der Waals surface area contributed by atoms with Crippen LogP contribution in [0.4, 0.5) is 4.39 Å². The van der Waals surface area contributed by atoms with Gasteiger partial charge >= 0.3 is 0 Å². The quantitative estimate of drug-likeness (QED) is 0.811. The van der Waals surface area contributed by atoms with Crippen LogP contribution in [0.2, 0.25) is 5.02 Å². The van der Waals surface area contributed by atoms with E-state index >= 15 is 0 Å². The molecule has 1 aromatic rings. The Bertz CT molecular complexity index is 314. The van der Waals surface area contributed by atoms with Gasteiger partial charge in [-0.1, -0.05) is 31.0 Å². The molecule has 0 amide bonds. The van der Waals surface area contributed by atoms with Crippen LogP contribution in [-0.2, 0) is 6.54 Å². The maximum Gasteiger partial charge on any atom is 0.129 e. The van der Waals surface area contributed by atoms with Crippen LogP contribution >= 0.6 is 11.6 Å². The van der Waals surface area contributed by atoms with E-state index in [4.69, 9.17) is 11.6 Å². The largest absolute Gasteiger partial charge is 0.310 e. The number of hydrogen-bond acceptors (Lipinski definition) is 1. The Morgan fingerprint density at radius 2 is 2.20 bits per heavy atom. The molecule has 0 saturated heterocycles. The second-order valence-corrected chi connectivity index (χ2v) is 4.24. The molecule has 0 spiro atoms. The second kappa shape index (κ2) is 6.09. The van der Waals surface area contributed by atoms with E-state index in [2.05, 4.69) is 19.2 Å². The third kappa shape index (κ3) is 4.18. The first-order valence-corrected chi connectivity index (χ1v) is 5.68. The summed E-state index contributed by atoms with van der Waals surface area (Å²) in [5.41, 5.74) is 0.669. The third-order valence-electron chi connectivity index (χ3n) is 2.38. The Kier molecular flexibility index (Phi) is 5.06. The topological polar surface area (TPSA) is 12.0 Å². The van der Waals surface area contributed by atoms with Crippen LogP contribution < -0.4 is 5.32 Å². The molecule has 0 heterocycles. The van der Waals surface area contributed by atoms with E-state index in [-0.39, 0.29) is 5.82 Å². The molecular weight excluding hydrogens is 213 g/mol. The van der Waals surface area contributed by atoms with Gasteiger partial charge in [0, 0.05) is 23.2 Å². The van der Waals surface area contributed by atoms with Gasteiger partial charge in [0.25, 0.3) is 0 Å². The lowest BCUT2D eigenvalue weighted by Crippen LogP contribution is -2.25. The fourth-order valence-corrected chi connectivity index (χ4v) is 1.64. The minimum Gasteiger partial charge on any atom is -0.310 e. The summed E-state index contributed by atoms with van der Waals surface area (Å²) in [6.45, 7) is 4.81. The molecule has 0 bridgehead atoms. The molecule has 0 radical (unpaired) electrons. The standard InChI is InChI=1S/C12H17ClFN/c1-3-4-9(2)15-8-10-5-6-11(13)7-12(10)14/h5-7,9,15H,3-4,8H2,1-2H3. The molecule has 0 saturated carbocycles. The third-order valence-corrected chi connectivity index (χ3v) is 2.61. The Labute approximate surface area is 95.6 Å². The van der Waals surface area contributed by atoms with Crippen molar-refractivity contribution in [3.05, 3.63) is 34.6 Å². The second-order valence-electron chi connectivity index (χ2n) is 3.81. The van der Waals surface area contributed by atoms with Crippen LogP contribution in [0.3, 0.4) is 0 Å². The Hall–Kier alpha value is -0.600. The minimum atomic E-state index is -0.237. The molecule has 1 atom stereocenters. The van der Waals surface area contributed by atoms with E-state index in [1.165, 1.54) is 6.07 Å². The van der Waals surface area contributed by atoms with Crippen molar-refractivity contribution in [2.45, 2.75) is 39.3 Å². The fourth-order valence-electron chi connectivity index (χ4n) is 1.48. The van der Waals surface area contributed by atoms with Gasteiger partial charge in [-0.15, -0.1) is 0 Å². The highest BCUT2D eigenvalue weighted by Crippen LogP contribution is 2.14. The molecule has 15 heavy (non-hydrogen) atoms.